The number of benzene rings is 2. The molecule has 4 aromatic rings. The summed E-state index contributed by atoms with van der Waals surface area (Å²) in [5.41, 5.74) is 2.47. The van der Waals surface area contributed by atoms with E-state index in [0.717, 1.165) is 17.2 Å². The van der Waals surface area contributed by atoms with Gasteiger partial charge in [0.2, 0.25) is 5.91 Å². The van der Waals surface area contributed by atoms with E-state index in [1.807, 2.05) is 54.0 Å². The second-order valence-electron chi connectivity index (χ2n) is 5.84. The predicted octanol–water partition coefficient (Wildman–Crippen LogP) is 2.28. The van der Waals surface area contributed by atoms with Gasteiger partial charge in [-0.05, 0) is 53.7 Å². The van der Waals surface area contributed by atoms with Gasteiger partial charge in [0, 0.05) is 11.4 Å². The highest BCUT2D eigenvalue weighted by molar-refractivity contribution is 7.99. The van der Waals surface area contributed by atoms with Crippen LogP contribution >= 0.6 is 11.8 Å². The summed E-state index contributed by atoms with van der Waals surface area (Å²) >= 11 is 1.34. The van der Waals surface area contributed by atoms with Crippen molar-refractivity contribution in [1.29, 1.82) is 0 Å². The first kappa shape index (κ1) is 17.9. The number of hydrogen-bond donors (Lipinski definition) is 1. The fourth-order valence-corrected chi connectivity index (χ4v) is 3.41. The van der Waals surface area contributed by atoms with Gasteiger partial charge in [-0.25, -0.2) is 4.68 Å². The summed E-state index contributed by atoms with van der Waals surface area (Å²) in [7, 11) is 0. The van der Waals surface area contributed by atoms with Crippen molar-refractivity contribution in [1.82, 2.24) is 35.0 Å². The van der Waals surface area contributed by atoms with Gasteiger partial charge in [0.05, 0.1) is 11.4 Å². The molecule has 0 radical (unpaired) electrons. The van der Waals surface area contributed by atoms with E-state index in [-0.39, 0.29) is 11.7 Å². The summed E-state index contributed by atoms with van der Waals surface area (Å²) in [5, 5.41) is 22.9. The Morgan fingerprint density at radius 2 is 1.82 bits per heavy atom. The number of carbonyl (C=O) groups is 1. The molecule has 0 aliphatic carbocycles. The molecule has 0 aliphatic heterocycles. The number of para-hydroxylation sites is 1. The fourth-order valence-electron chi connectivity index (χ4n) is 2.62. The Balaban J connectivity index is 1.39. The van der Waals surface area contributed by atoms with Crippen molar-refractivity contribution in [2.45, 2.75) is 12.1 Å². The van der Waals surface area contributed by atoms with E-state index in [0.29, 0.717) is 10.8 Å². The maximum absolute atomic E-state index is 12.3. The van der Waals surface area contributed by atoms with Crippen LogP contribution < -0.4 is 5.32 Å². The Hall–Kier alpha value is -3.53. The Bertz CT molecular complexity index is 1060. The van der Waals surface area contributed by atoms with Gasteiger partial charge >= 0.3 is 0 Å². The van der Waals surface area contributed by atoms with Crippen molar-refractivity contribution in [3.63, 3.8) is 0 Å². The third-order valence-corrected chi connectivity index (χ3v) is 4.84. The van der Waals surface area contributed by atoms with E-state index < -0.39 is 0 Å². The number of aromatic nitrogens is 7. The number of rotatable bonds is 6. The number of carbonyl (C=O) groups excluding carboxylic acids is 1. The minimum Gasteiger partial charge on any atom is -0.325 e. The molecule has 0 unspecified atom stereocenters. The first-order chi connectivity index (χ1) is 13.7. The van der Waals surface area contributed by atoms with Gasteiger partial charge in [-0.3, -0.25) is 9.36 Å². The molecule has 0 fully saturated rings. The molecular formula is C18H16N8OS. The van der Waals surface area contributed by atoms with Crippen LogP contribution in [0.1, 0.15) is 5.82 Å². The minimum atomic E-state index is -0.125. The number of nitrogens with one attached hydrogen (secondary N) is 1. The van der Waals surface area contributed by atoms with E-state index in [1.165, 1.54) is 18.1 Å². The summed E-state index contributed by atoms with van der Waals surface area (Å²) in [6.45, 7) is 1.89. The lowest BCUT2D eigenvalue weighted by Crippen LogP contribution is -2.14. The van der Waals surface area contributed by atoms with E-state index in [4.69, 9.17) is 0 Å². The Morgan fingerprint density at radius 3 is 2.54 bits per heavy atom. The smallest absolute Gasteiger partial charge is 0.234 e. The molecule has 0 saturated carbocycles. The van der Waals surface area contributed by atoms with Gasteiger partial charge in [-0.2, -0.15) is 0 Å². The molecule has 2 heterocycles. The van der Waals surface area contributed by atoms with Crippen LogP contribution in [0, 0.1) is 6.92 Å². The second kappa shape index (κ2) is 8.01. The molecule has 10 heteroatoms. The van der Waals surface area contributed by atoms with E-state index >= 15 is 0 Å². The molecule has 2 aromatic carbocycles. The van der Waals surface area contributed by atoms with Crippen LogP contribution in [-0.4, -0.2) is 46.6 Å². The Labute approximate surface area is 164 Å². The lowest BCUT2D eigenvalue weighted by Gasteiger charge is -2.09. The SMILES string of the molecule is Cc1nnc(SCC(=O)Nc2ccc(-n3cnnn3)cc2)n1-c1ccccc1. The van der Waals surface area contributed by atoms with Crippen LogP contribution in [-0.2, 0) is 4.79 Å². The lowest BCUT2D eigenvalue weighted by molar-refractivity contribution is -0.113. The molecule has 1 N–H and O–H groups in total. The zero-order chi connectivity index (χ0) is 19.3. The van der Waals surface area contributed by atoms with Crippen LogP contribution in [0.25, 0.3) is 11.4 Å². The zero-order valence-corrected chi connectivity index (χ0v) is 15.7. The summed E-state index contributed by atoms with van der Waals surface area (Å²) in [5.74, 6) is 0.868. The fraction of sp³-hybridized carbons (Fsp3) is 0.111. The number of anilines is 1. The molecule has 4 rings (SSSR count). The first-order valence-electron chi connectivity index (χ1n) is 8.44. The third-order valence-electron chi connectivity index (χ3n) is 3.91. The molecule has 0 bridgehead atoms. The summed E-state index contributed by atoms with van der Waals surface area (Å²) < 4.78 is 3.47. The van der Waals surface area contributed by atoms with Crippen molar-refractivity contribution < 1.29 is 4.79 Å². The molecule has 28 heavy (non-hydrogen) atoms. The van der Waals surface area contributed by atoms with Gasteiger partial charge < -0.3 is 5.32 Å². The average molecular weight is 392 g/mol. The highest BCUT2D eigenvalue weighted by Crippen LogP contribution is 2.22. The maximum atomic E-state index is 12.3. The van der Waals surface area contributed by atoms with Crippen LogP contribution in [0.2, 0.25) is 0 Å². The van der Waals surface area contributed by atoms with E-state index in [9.17, 15) is 4.79 Å². The normalized spacial score (nSPS) is 10.8. The quantitative estimate of drug-likeness (QED) is 0.502. The largest absolute Gasteiger partial charge is 0.325 e. The molecule has 0 aliphatic rings. The topological polar surface area (TPSA) is 103 Å². The number of tetrazole rings is 1. The summed E-state index contributed by atoms with van der Waals surface area (Å²) in [6, 6.07) is 17.1. The van der Waals surface area contributed by atoms with E-state index in [2.05, 4.69) is 31.0 Å². The molecule has 9 nitrogen and oxygen atoms in total. The van der Waals surface area contributed by atoms with Crippen molar-refractivity contribution in [2.75, 3.05) is 11.1 Å². The number of hydrogen-bond acceptors (Lipinski definition) is 7. The first-order valence-corrected chi connectivity index (χ1v) is 9.43. The minimum absolute atomic E-state index is 0.125. The number of thioether (sulfide) groups is 1. The highest BCUT2D eigenvalue weighted by Gasteiger charge is 2.13. The summed E-state index contributed by atoms with van der Waals surface area (Å²) in [6.07, 6.45) is 1.51. The highest BCUT2D eigenvalue weighted by atomic mass is 32.2. The molecular weight excluding hydrogens is 376 g/mol. The van der Waals surface area contributed by atoms with Crippen LogP contribution in [0.4, 0.5) is 5.69 Å². The number of aryl methyl sites for hydroxylation is 1. The van der Waals surface area contributed by atoms with Gasteiger partial charge in [-0.1, -0.05) is 30.0 Å². The molecule has 2 aromatic heterocycles. The standard InChI is InChI=1S/C18H16N8OS/c1-13-21-22-18(26(13)16-5-3-2-4-6-16)28-11-17(27)20-14-7-9-15(10-8-14)25-12-19-23-24-25/h2-10,12H,11H2,1H3,(H,20,27). The predicted molar refractivity (Wildman–Crippen MR) is 105 cm³/mol. The van der Waals surface area contributed by atoms with Crippen LogP contribution in [0.15, 0.2) is 66.1 Å². The van der Waals surface area contributed by atoms with Gasteiger partial charge in [-0.15, -0.1) is 15.3 Å². The average Bonchev–Trinajstić information content (AvgIpc) is 3.38. The number of nitrogens with zero attached hydrogens (tertiary/aromatic N) is 7. The van der Waals surface area contributed by atoms with Crippen LogP contribution in [0.3, 0.4) is 0 Å². The molecule has 140 valence electrons. The molecule has 0 atom stereocenters. The van der Waals surface area contributed by atoms with Crippen molar-refractivity contribution >= 4 is 23.4 Å². The Kier molecular flexibility index (Phi) is 5.11. The molecule has 0 saturated heterocycles. The molecule has 1 amide bonds. The molecule has 0 spiro atoms. The van der Waals surface area contributed by atoms with Gasteiger partial charge in [0.1, 0.15) is 12.2 Å². The Morgan fingerprint density at radius 1 is 1.04 bits per heavy atom. The van der Waals surface area contributed by atoms with Crippen molar-refractivity contribution in [3.05, 3.63) is 66.7 Å². The van der Waals surface area contributed by atoms with Gasteiger partial charge in [0.15, 0.2) is 5.16 Å². The summed E-state index contributed by atoms with van der Waals surface area (Å²) in [4.78, 5) is 12.3. The number of amides is 1. The second-order valence-corrected chi connectivity index (χ2v) is 6.78. The van der Waals surface area contributed by atoms with E-state index in [1.54, 1.807) is 16.8 Å². The van der Waals surface area contributed by atoms with Gasteiger partial charge in [0.25, 0.3) is 0 Å². The van der Waals surface area contributed by atoms with Crippen LogP contribution in [0.5, 0.6) is 0 Å². The van der Waals surface area contributed by atoms with Crippen molar-refractivity contribution in [2.24, 2.45) is 0 Å². The third kappa shape index (κ3) is 3.91. The zero-order valence-electron chi connectivity index (χ0n) is 14.9. The maximum Gasteiger partial charge on any atom is 0.234 e. The van der Waals surface area contributed by atoms with Crippen molar-refractivity contribution in [3.8, 4) is 11.4 Å². The lowest BCUT2D eigenvalue weighted by atomic mass is 10.3. The monoisotopic (exact) mass is 392 g/mol.